The van der Waals surface area contributed by atoms with Gasteiger partial charge in [-0.1, -0.05) is 18.2 Å². The van der Waals surface area contributed by atoms with Gasteiger partial charge in [0.2, 0.25) is 11.8 Å². The lowest BCUT2D eigenvalue weighted by Gasteiger charge is -2.35. The number of carbonyl (C=O) groups excluding carboxylic acids is 2. The first kappa shape index (κ1) is 30.6. The van der Waals surface area contributed by atoms with Crippen LogP contribution in [-0.4, -0.2) is 85.7 Å². The molecule has 2 atom stereocenters. The fraction of sp³-hybridized carbons (Fsp3) is 0.440. The standard InChI is InChI=1S/C25H25F6N3O6S/c26-24(27,28)14-34(23(37)9-15-4-5-21-19(8-15)32-22(36)13-41(21,38)39)20(12-33-7-6-17(35)11-33)16-2-1-3-18(10-16)40-25(29,30)31/h1-5,8,10,17,20,35H,6-7,9,11-14H2,(H,32,36)/t17-,20+/m0/s1. The van der Waals surface area contributed by atoms with Crippen LogP contribution in [0.2, 0.25) is 0 Å². The minimum Gasteiger partial charge on any atom is -0.406 e. The third kappa shape index (κ3) is 8.10. The van der Waals surface area contributed by atoms with E-state index in [0.717, 1.165) is 24.3 Å². The normalized spacial score (nSPS) is 19.8. The first-order valence-electron chi connectivity index (χ1n) is 12.3. The number of likely N-dealkylation sites (tertiary alicyclic amines) is 1. The molecule has 2 aromatic carbocycles. The molecule has 41 heavy (non-hydrogen) atoms. The zero-order valence-electron chi connectivity index (χ0n) is 21.2. The number of nitrogens with one attached hydrogen (secondary N) is 1. The van der Waals surface area contributed by atoms with Crippen molar-refractivity contribution >= 4 is 27.3 Å². The fourth-order valence-corrected chi connectivity index (χ4v) is 6.15. The van der Waals surface area contributed by atoms with E-state index in [0.29, 0.717) is 11.3 Å². The molecule has 16 heteroatoms. The molecule has 2 N–H and O–H groups in total. The van der Waals surface area contributed by atoms with Gasteiger partial charge in [0.1, 0.15) is 18.0 Å². The van der Waals surface area contributed by atoms with Crippen molar-refractivity contribution < 1.29 is 54.2 Å². The number of rotatable bonds is 8. The first-order valence-corrected chi connectivity index (χ1v) is 13.9. The minimum atomic E-state index is -5.07. The van der Waals surface area contributed by atoms with E-state index in [1.807, 2.05) is 0 Å². The maximum Gasteiger partial charge on any atom is 0.573 e. The van der Waals surface area contributed by atoms with E-state index in [2.05, 4.69) is 10.1 Å². The average molecular weight is 610 g/mol. The van der Waals surface area contributed by atoms with E-state index in [1.54, 1.807) is 4.90 Å². The molecule has 224 valence electrons. The number of ether oxygens (including phenoxy) is 1. The van der Waals surface area contributed by atoms with Crippen LogP contribution >= 0.6 is 0 Å². The highest BCUT2D eigenvalue weighted by atomic mass is 32.2. The van der Waals surface area contributed by atoms with Gasteiger partial charge in [-0.3, -0.25) is 14.5 Å². The molecule has 2 aromatic rings. The molecule has 0 aliphatic carbocycles. The Hall–Kier alpha value is -3.37. The molecule has 2 heterocycles. The van der Waals surface area contributed by atoms with Crippen molar-refractivity contribution in [2.45, 2.75) is 42.4 Å². The van der Waals surface area contributed by atoms with Crippen molar-refractivity contribution in [2.75, 3.05) is 37.2 Å². The van der Waals surface area contributed by atoms with E-state index >= 15 is 0 Å². The van der Waals surface area contributed by atoms with Gasteiger partial charge in [0.25, 0.3) is 0 Å². The van der Waals surface area contributed by atoms with E-state index in [9.17, 15) is 49.5 Å². The van der Waals surface area contributed by atoms with E-state index in [1.165, 1.54) is 18.2 Å². The van der Waals surface area contributed by atoms with Crippen molar-refractivity contribution in [2.24, 2.45) is 0 Å². The fourth-order valence-electron chi connectivity index (χ4n) is 4.86. The summed E-state index contributed by atoms with van der Waals surface area (Å²) in [5, 5.41) is 12.3. The number of aliphatic hydroxyl groups is 1. The van der Waals surface area contributed by atoms with Crippen LogP contribution in [0.4, 0.5) is 32.0 Å². The van der Waals surface area contributed by atoms with Gasteiger partial charge in [-0.2, -0.15) is 13.2 Å². The Morgan fingerprint density at radius 1 is 1.15 bits per heavy atom. The molecule has 0 spiro atoms. The largest absolute Gasteiger partial charge is 0.573 e. The smallest absolute Gasteiger partial charge is 0.406 e. The van der Waals surface area contributed by atoms with Crippen molar-refractivity contribution in [3.05, 3.63) is 53.6 Å². The van der Waals surface area contributed by atoms with Crippen LogP contribution in [0.5, 0.6) is 5.75 Å². The molecular formula is C25H25F6N3O6S. The second kappa shape index (κ2) is 11.5. The Kier molecular flexibility index (Phi) is 8.57. The average Bonchev–Trinajstić information content (AvgIpc) is 3.23. The van der Waals surface area contributed by atoms with Crippen molar-refractivity contribution in [3.63, 3.8) is 0 Å². The maximum absolute atomic E-state index is 13.8. The summed E-state index contributed by atoms with van der Waals surface area (Å²) in [5.41, 5.74) is -0.0779. The molecule has 1 fully saturated rings. The molecule has 0 unspecified atom stereocenters. The number of carbonyl (C=O) groups is 2. The van der Waals surface area contributed by atoms with Crippen LogP contribution in [0.15, 0.2) is 47.4 Å². The third-order valence-electron chi connectivity index (χ3n) is 6.53. The number of halogens is 6. The molecule has 0 saturated carbocycles. The van der Waals surface area contributed by atoms with Gasteiger partial charge >= 0.3 is 12.5 Å². The quantitative estimate of drug-likeness (QED) is 0.442. The SMILES string of the molecule is O=C1CS(=O)(=O)c2ccc(CC(=O)N(CC(F)(F)F)[C@H](CN3CC[C@H](O)C3)c3cccc(OC(F)(F)F)c3)cc2N1. The lowest BCUT2D eigenvalue weighted by molar-refractivity contribution is -0.274. The van der Waals surface area contributed by atoms with Crippen LogP contribution < -0.4 is 10.1 Å². The number of fused-ring (bicyclic) bond motifs is 1. The Morgan fingerprint density at radius 2 is 1.88 bits per heavy atom. The molecule has 1 saturated heterocycles. The first-order chi connectivity index (χ1) is 19.0. The van der Waals surface area contributed by atoms with Crippen LogP contribution in [0.3, 0.4) is 0 Å². The molecule has 0 aromatic heterocycles. The van der Waals surface area contributed by atoms with E-state index in [4.69, 9.17) is 0 Å². The second-order valence-corrected chi connectivity index (χ2v) is 11.7. The van der Waals surface area contributed by atoms with Crippen molar-refractivity contribution in [1.82, 2.24) is 9.80 Å². The monoisotopic (exact) mass is 609 g/mol. The number of amides is 2. The highest BCUT2D eigenvalue weighted by Crippen LogP contribution is 2.33. The number of anilines is 1. The second-order valence-electron chi connectivity index (χ2n) is 9.79. The van der Waals surface area contributed by atoms with Gasteiger partial charge in [0.15, 0.2) is 9.84 Å². The molecule has 9 nitrogen and oxygen atoms in total. The molecule has 2 amide bonds. The summed E-state index contributed by atoms with van der Waals surface area (Å²) in [6.07, 6.45) is -11.0. The summed E-state index contributed by atoms with van der Waals surface area (Å²) < 4.78 is 108. The molecular weight excluding hydrogens is 584 g/mol. The molecule has 0 bridgehead atoms. The lowest BCUT2D eigenvalue weighted by Crippen LogP contribution is -2.46. The lowest BCUT2D eigenvalue weighted by atomic mass is 10.0. The van der Waals surface area contributed by atoms with Gasteiger partial charge in [-0.15, -0.1) is 13.2 Å². The van der Waals surface area contributed by atoms with Gasteiger partial charge in [-0.05, 0) is 41.8 Å². The van der Waals surface area contributed by atoms with E-state index < -0.39 is 70.8 Å². The number of nitrogens with zero attached hydrogens (tertiary/aromatic N) is 2. The van der Waals surface area contributed by atoms with Gasteiger partial charge in [0, 0.05) is 19.6 Å². The Bertz CT molecular complexity index is 1420. The van der Waals surface area contributed by atoms with Crippen LogP contribution in [0, 0.1) is 0 Å². The molecule has 2 aliphatic rings. The number of benzene rings is 2. The summed E-state index contributed by atoms with van der Waals surface area (Å²) in [4.78, 5) is 27.1. The Balaban J connectivity index is 1.69. The zero-order chi connectivity index (χ0) is 30.2. The summed E-state index contributed by atoms with van der Waals surface area (Å²) in [6.45, 7) is -1.61. The number of aliphatic hydroxyl groups excluding tert-OH is 1. The number of hydrogen-bond acceptors (Lipinski definition) is 7. The number of hydrogen-bond donors (Lipinski definition) is 2. The molecule has 2 aliphatic heterocycles. The Labute approximate surface area is 230 Å². The summed E-state index contributed by atoms with van der Waals surface area (Å²) in [6, 6.07) is 6.46. The Morgan fingerprint density at radius 3 is 2.51 bits per heavy atom. The van der Waals surface area contributed by atoms with E-state index in [-0.39, 0.29) is 41.3 Å². The molecule has 4 rings (SSSR count). The predicted octanol–water partition coefficient (Wildman–Crippen LogP) is 3.05. The van der Waals surface area contributed by atoms with Crippen LogP contribution in [-0.2, 0) is 25.8 Å². The van der Waals surface area contributed by atoms with Gasteiger partial charge < -0.3 is 20.1 Å². The van der Waals surface area contributed by atoms with Gasteiger partial charge in [0.05, 0.1) is 29.1 Å². The zero-order valence-corrected chi connectivity index (χ0v) is 22.0. The molecule has 0 radical (unpaired) electrons. The van der Waals surface area contributed by atoms with Gasteiger partial charge in [-0.25, -0.2) is 8.42 Å². The number of alkyl halides is 6. The number of sulfone groups is 1. The summed E-state index contributed by atoms with van der Waals surface area (Å²) in [7, 11) is -3.94. The van der Waals surface area contributed by atoms with Crippen LogP contribution in [0.1, 0.15) is 23.6 Å². The third-order valence-corrected chi connectivity index (χ3v) is 8.20. The maximum atomic E-state index is 13.8. The minimum absolute atomic E-state index is 0.0606. The topological polar surface area (TPSA) is 116 Å². The number of β-amino-alcohol motifs (C(OH)–C–C–N with tert-alkyl or cyclic N) is 1. The summed E-state index contributed by atoms with van der Waals surface area (Å²) >= 11 is 0. The van der Waals surface area contributed by atoms with Crippen molar-refractivity contribution in [1.29, 1.82) is 0 Å². The van der Waals surface area contributed by atoms with Crippen molar-refractivity contribution in [3.8, 4) is 5.75 Å². The highest BCUT2D eigenvalue weighted by molar-refractivity contribution is 7.92. The summed E-state index contributed by atoms with van der Waals surface area (Å²) in [5.74, 6) is -3.33. The van der Waals surface area contributed by atoms with Crippen LogP contribution in [0.25, 0.3) is 0 Å². The predicted molar refractivity (Wildman–Crippen MR) is 132 cm³/mol. The highest BCUT2D eigenvalue weighted by Gasteiger charge is 2.39.